The molecule has 0 spiro atoms. The smallest absolute Gasteiger partial charge is 0.292 e. The first kappa shape index (κ1) is 22.8. The van der Waals surface area contributed by atoms with E-state index >= 15 is 0 Å². The lowest BCUT2D eigenvalue weighted by molar-refractivity contribution is -0.384. The lowest BCUT2D eigenvalue weighted by Crippen LogP contribution is -2.42. The van der Waals surface area contributed by atoms with Crippen molar-refractivity contribution in [1.82, 2.24) is 10.6 Å². The fourth-order valence-corrected chi connectivity index (χ4v) is 3.74. The molecule has 26 heavy (non-hydrogen) atoms. The maximum atomic E-state index is 11.0. The second-order valence-corrected chi connectivity index (χ2v) is 7.11. The van der Waals surface area contributed by atoms with Crippen molar-refractivity contribution in [2.75, 3.05) is 31.2 Å². The summed E-state index contributed by atoms with van der Waals surface area (Å²) in [6.45, 7) is 3.93. The Morgan fingerprint density at radius 3 is 2.81 bits per heavy atom. The predicted molar refractivity (Wildman–Crippen MR) is 121 cm³/mol. The second kappa shape index (κ2) is 12.2. The number of benzene rings is 1. The van der Waals surface area contributed by atoms with Gasteiger partial charge in [0.1, 0.15) is 5.69 Å². The Morgan fingerprint density at radius 1 is 1.38 bits per heavy atom. The number of thioether (sulfide) groups is 1. The number of nitrogens with zero attached hydrogens (tertiary/aromatic N) is 2. The van der Waals surface area contributed by atoms with Gasteiger partial charge in [0, 0.05) is 30.4 Å². The lowest BCUT2D eigenvalue weighted by Gasteiger charge is -2.17. The highest BCUT2D eigenvalue weighted by Crippen LogP contribution is 2.28. The molecule has 3 N–H and O–H groups in total. The summed E-state index contributed by atoms with van der Waals surface area (Å²) < 4.78 is 0. The van der Waals surface area contributed by atoms with E-state index in [1.165, 1.54) is 25.3 Å². The molecule has 0 amide bonds. The summed E-state index contributed by atoms with van der Waals surface area (Å²) in [6, 6.07) is 7.13. The molecule has 0 aliphatic heterocycles. The van der Waals surface area contributed by atoms with Crippen molar-refractivity contribution in [3.8, 4) is 0 Å². The summed E-state index contributed by atoms with van der Waals surface area (Å²) in [5.74, 6) is 0.818. The zero-order valence-electron chi connectivity index (χ0n) is 15.2. The molecule has 2 unspecified atom stereocenters. The third-order valence-corrected chi connectivity index (χ3v) is 5.30. The molecule has 2 atom stereocenters. The normalized spacial score (nSPS) is 19.5. The minimum atomic E-state index is -0.376. The van der Waals surface area contributed by atoms with Crippen molar-refractivity contribution in [3.63, 3.8) is 0 Å². The number of guanidine groups is 1. The minimum Gasteiger partial charge on any atom is -0.378 e. The SMILES string of the molecule is CCNC(=NCCNc1ccccc1[N+](=O)[O-])NC1CCC(SC)C1.I. The maximum Gasteiger partial charge on any atom is 0.292 e. The van der Waals surface area contributed by atoms with Crippen molar-refractivity contribution in [3.05, 3.63) is 34.4 Å². The number of nitro benzene ring substituents is 1. The van der Waals surface area contributed by atoms with Crippen LogP contribution in [0.1, 0.15) is 26.2 Å². The van der Waals surface area contributed by atoms with Crippen LogP contribution in [0.15, 0.2) is 29.3 Å². The summed E-state index contributed by atoms with van der Waals surface area (Å²) in [5.41, 5.74) is 0.616. The van der Waals surface area contributed by atoms with Crippen LogP contribution in [-0.4, -0.2) is 48.1 Å². The molecule has 7 nitrogen and oxygen atoms in total. The molecule has 1 aliphatic carbocycles. The molecule has 1 saturated carbocycles. The average Bonchev–Trinajstić information content (AvgIpc) is 3.06. The van der Waals surface area contributed by atoms with Crippen molar-refractivity contribution in [2.45, 2.75) is 37.5 Å². The Labute approximate surface area is 176 Å². The molecular formula is C17H28IN5O2S. The van der Waals surface area contributed by atoms with Crippen LogP contribution in [0.3, 0.4) is 0 Å². The summed E-state index contributed by atoms with van der Waals surface area (Å²) in [4.78, 5) is 15.2. The molecule has 1 aliphatic rings. The molecule has 1 aromatic carbocycles. The van der Waals surface area contributed by atoms with Crippen molar-refractivity contribution in [1.29, 1.82) is 0 Å². The van der Waals surface area contributed by atoms with E-state index in [2.05, 4.69) is 27.2 Å². The fourth-order valence-electron chi connectivity index (χ4n) is 2.94. The van der Waals surface area contributed by atoms with Crippen LogP contribution in [0.25, 0.3) is 0 Å². The molecule has 0 radical (unpaired) electrons. The van der Waals surface area contributed by atoms with Gasteiger partial charge in [0.15, 0.2) is 5.96 Å². The number of para-hydroxylation sites is 2. The molecule has 9 heteroatoms. The Morgan fingerprint density at radius 2 is 2.15 bits per heavy atom. The fraction of sp³-hybridized carbons (Fsp3) is 0.588. The van der Waals surface area contributed by atoms with Gasteiger partial charge in [0.25, 0.3) is 5.69 Å². The van der Waals surface area contributed by atoms with Crippen LogP contribution in [0, 0.1) is 10.1 Å². The number of aliphatic imine (C=N–C) groups is 1. The third kappa shape index (κ3) is 7.18. The van der Waals surface area contributed by atoms with E-state index < -0.39 is 0 Å². The molecule has 2 rings (SSSR count). The molecule has 0 bridgehead atoms. The first-order valence-electron chi connectivity index (χ1n) is 8.69. The van der Waals surface area contributed by atoms with E-state index in [0.717, 1.165) is 17.8 Å². The first-order valence-corrected chi connectivity index (χ1v) is 9.97. The van der Waals surface area contributed by atoms with Crippen molar-refractivity contribution < 1.29 is 4.92 Å². The van der Waals surface area contributed by atoms with Crippen LogP contribution in [-0.2, 0) is 0 Å². The standard InChI is InChI=1S/C17H27N5O2S.HI/c1-3-18-17(21-13-8-9-14(12-13)25-2)20-11-10-19-15-6-4-5-7-16(15)22(23)24;/h4-7,13-14,19H,3,8-12H2,1-2H3,(H2,18,20,21);1H. The summed E-state index contributed by atoms with van der Waals surface area (Å²) in [5, 5.41) is 21.6. The zero-order valence-corrected chi connectivity index (χ0v) is 18.4. The zero-order chi connectivity index (χ0) is 18.1. The largest absolute Gasteiger partial charge is 0.378 e. The topological polar surface area (TPSA) is 91.6 Å². The van der Waals surface area contributed by atoms with Gasteiger partial charge < -0.3 is 16.0 Å². The van der Waals surface area contributed by atoms with Gasteiger partial charge in [-0.2, -0.15) is 11.8 Å². The lowest BCUT2D eigenvalue weighted by atomic mass is 10.2. The van der Waals surface area contributed by atoms with Crippen molar-refractivity contribution >= 4 is 53.1 Å². The van der Waals surface area contributed by atoms with E-state index in [1.807, 2.05) is 18.7 Å². The van der Waals surface area contributed by atoms with Gasteiger partial charge in [-0.05, 0) is 38.5 Å². The van der Waals surface area contributed by atoms with E-state index in [0.29, 0.717) is 24.8 Å². The van der Waals surface area contributed by atoms with Gasteiger partial charge in [-0.15, -0.1) is 24.0 Å². The molecular weight excluding hydrogens is 465 g/mol. The van der Waals surface area contributed by atoms with Gasteiger partial charge in [-0.3, -0.25) is 15.1 Å². The predicted octanol–water partition coefficient (Wildman–Crippen LogP) is 3.46. The van der Waals surface area contributed by atoms with Crippen LogP contribution in [0.4, 0.5) is 11.4 Å². The molecule has 0 saturated heterocycles. The van der Waals surface area contributed by atoms with E-state index in [9.17, 15) is 10.1 Å². The molecule has 146 valence electrons. The Balaban J connectivity index is 0.00000338. The van der Waals surface area contributed by atoms with Gasteiger partial charge in [0.2, 0.25) is 0 Å². The van der Waals surface area contributed by atoms with Crippen LogP contribution >= 0.6 is 35.7 Å². The third-order valence-electron chi connectivity index (χ3n) is 4.20. The summed E-state index contributed by atoms with van der Waals surface area (Å²) in [7, 11) is 0. The number of halogens is 1. The highest BCUT2D eigenvalue weighted by molar-refractivity contribution is 14.0. The minimum absolute atomic E-state index is 0. The highest BCUT2D eigenvalue weighted by Gasteiger charge is 2.24. The molecule has 0 aromatic heterocycles. The highest BCUT2D eigenvalue weighted by atomic mass is 127. The van der Waals surface area contributed by atoms with Crippen molar-refractivity contribution in [2.24, 2.45) is 4.99 Å². The number of hydrogen-bond donors (Lipinski definition) is 3. The Hall–Kier alpha value is -1.23. The van der Waals surface area contributed by atoms with Crippen LogP contribution in [0.2, 0.25) is 0 Å². The average molecular weight is 493 g/mol. The van der Waals surface area contributed by atoms with Gasteiger partial charge in [-0.1, -0.05) is 12.1 Å². The van der Waals surface area contributed by atoms with Crippen LogP contribution in [0.5, 0.6) is 0 Å². The van der Waals surface area contributed by atoms with Gasteiger partial charge in [-0.25, -0.2) is 0 Å². The quantitative estimate of drug-likeness (QED) is 0.128. The first-order chi connectivity index (χ1) is 12.1. The van der Waals surface area contributed by atoms with E-state index in [1.54, 1.807) is 18.2 Å². The van der Waals surface area contributed by atoms with Gasteiger partial charge >= 0.3 is 0 Å². The molecule has 1 aromatic rings. The summed E-state index contributed by atoms with van der Waals surface area (Å²) >= 11 is 1.93. The Bertz CT molecular complexity index is 602. The van der Waals surface area contributed by atoms with E-state index in [4.69, 9.17) is 0 Å². The number of rotatable bonds is 8. The summed E-state index contributed by atoms with van der Waals surface area (Å²) in [6.07, 6.45) is 5.75. The number of anilines is 1. The number of nitro groups is 1. The molecule has 0 heterocycles. The maximum absolute atomic E-state index is 11.0. The number of nitrogens with one attached hydrogen (secondary N) is 3. The van der Waals surface area contributed by atoms with Gasteiger partial charge in [0.05, 0.1) is 11.5 Å². The molecule has 1 fully saturated rings. The Kier molecular flexibility index (Phi) is 10.7. The van der Waals surface area contributed by atoms with Crippen LogP contribution < -0.4 is 16.0 Å². The monoisotopic (exact) mass is 493 g/mol. The van der Waals surface area contributed by atoms with E-state index in [-0.39, 0.29) is 34.6 Å². The second-order valence-electron chi connectivity index (χ2n) is 5.97. The number of hydrogen-bond acceptors (Lipinski definition) is 5.